The summed E-state index contributed by atoms with van der Waals surface area (Å²) in [5.41, 5.74) is 33.1. The second-order valence-electron chi connectivity index (χ2n) is 19.3. The van der Waals surface area contributed by atoms with E-state index in [1.165, 1.54) is 29.4 Å². The van der Waals surface area contributed by atoms with Gasteiger partial charge in [0.25, 0.3) is 5.91 Å². The summed E-state index contributed by atoms with van der Waals surface area (Å²) in [7, 11) is 1.41. The van der Waals surface area contributed by atoms with Crippen LogP contribution in [-0.2, 0) is 42.1 Å². The summed E-state index contributed by atoms with van der Waals surface area (Å²) in [6, 6.07) is 41.2. The Kier molecular flexibility index (Phi) is 15.6. The van der Waals surface area contributed by atoms with Crippen LogP contribution in [0.3, 0.4) is 0 Å². The van der Waals surface area contributed by atoms with Crippen LogP contribution < -0.4 is 32.1 Å². The monoisotopic (exact) mass is 1050 g/mol. The highest BCUT2D eigenvalue weighted by atomic mass is 35.5. The van der Waals surface area contributed by atoms with E-state index in [2.05, 4.69) is 76.2 Å². The molecule has 3 aliphatic rings. The lowest BCUT2D eigenvalue weighted by atomic mass is 10.0. The van der Waals surface area contributed by atoms with Crippen molar-refractivity contribution >= 4 is 91.4 Å². The molecule has 0 bridgehead atoms. The lowest BCUT2D eigenvalue weighted by molar-refractivity contribution is -0.115. The molecule has 0 atom stereocenters. The van der Waals surface area contributed by atoms with Crippen molar-refractivity contribution in [3.63, 3.8) is 0 Å². The molecule has 0 saturated carbocycles. The van der Waals surface area contributed by atoms with Crippen LogP contribution in [0.15, 0.2) is 127 Å². The zero-order chi connectivity index (χ0) is 54.5. The van der Waals surface area contributed by atoms with Gasteiger partial charge in [0.05, 0.1) is 63.6 Å². The number of esters is 1. The number of amides is 2. The van der Waals surface area contributed by atoms with Gasteiger partial charge in [-0.1, -0.05) is 60.7 Å². The van der Waals surface area contributed by atoms with E-state index >= 15 is 0 Å². The Morgan fingerprint density at radius 1 is 0.584 bits per heavy atom. The molecular formula is C59H59ClN12O5. The van der Waals surface area contributed by atoms with Crippen LogP contribution in [0, 0.1) is 34.6 Å². The van der Waals surface area contributed by atoms with Crippen LogP contribution in [0.4, 0.5) is 29.0 Å². The van der Waals surface area contributed by atoms with Gasteiger partial charge in [0.15, 0.2) is 0 Å². The molecule has 18 heteroatoms. The van der Waals surface area contributed by atoms with Gasteiger partial charge in [0.2, 0.25) is 23.1 Å². The van der Waals surface area contributed by atoms with Crippen LogP contribution in [0.2, 0.25) is 5.28 Å². The fraction of sp³-hybridized carbons (Fsp3) is 0.186. The number of fused-ring (bicyclic) bond motifs is 6. The first kappa shape index (κ1) is 52.7. The smallest absolute Gasteiger partial charge is 0.338 e. The molecule has 0 aliphatic carbocycles. The molecule has 6 heterocycles. The van der Waals surface area contributed by atoms with Crippen LogP contribution in [0.1, 0.15) is 76.4 Å². The molecule has 13 rings (SSSR count). The van der Waals surface area contributed by atoms with Crippen LogP contribution >= 0.6 is 11.6 Å². The number of methoxy groups -OCH3 is 1. The average Bonchev–Trinajstić information content (AvgIpc) is 4.30. The molecule has 3 aliphatic heterocycles. The number of nitrogens with zero attached hydrogens (tertiary/aromatic N) is 5. The van der Waals surface area contributed by atoms with Crippen molar-refractivity contribution in [3.05, 3.63) is 199 Å². The highest BCUT2D eigenvalue weighted by Crippen LogP contribution is 2.32. The van der Waals surface area contributed by atoms with E-state index in [-0.39, 0.29) is 11.9 Å². The van der Waals surface area contributed by atoms with Crippen molar-refractivity contribution in [1.29, 1.82) is 0 Å². The number of halogens is 1. The number of aromatic nitrogens is 6. The third-order valence-electron chi connectivity index (χ3n) is 13.3. The van der Waals surface area contributed by atoms with Gasteiger partial charge in [0, 0.05) is 37.4 Å². The molecule has 10 N–H and O–H groups in total. The third-order valence-corrected chi connectivity index (χ3v) is 13.5. The number of hydrogen-bond acceptors (Lipinski definition) is 12. The SMILES string of the molecule is COC(=O)c1cccc2c1CN(c1nc3ccc(C)cc3[nH]1)C2.Cc1ccc(N)c(N)c1.Cc1ccc2c(c1)NC(=O)C2.Cc1ccc2nc(Cl)[nH]c2c1.Cc1ccc2nc(N3Cc4cccc(C(=O)NO)c4C3)[nH]c2c1. The van der Waals surface area contributed by atoms with E-state index in [4.69, 9.17) is 33.0 Å². The van der Waals surface area contributed by atoms with Gasteiger partial charge in [-0.2, -0.15) is 0 Å². The minimum Gasteiger partial charge on any atom is -0.465 e. The Morgan fingerprint density at radius 2 is 1.06 bits per heavy atom. The lowest BCUT2D eigenvalue weighted by Gasteiger charge is -2.13. The van der Waals surface area contributed by atoms with Crippen molar-refractivity contribution in [1.82, 2.24) is 35.4 Å². The minimum atomic E-state index is -0.482. The molecule has 0 radical (unpaired) electrons. The maximum absolute atomic E-state index is 11.9. The maximum Gasteiger partial charge on any atom is 0.338 e. The molecule has 10 aromatic rings. The summed E-state index contributed by atoms with van der Waals surface area (Å²) in [5.74, 6) is 0.952. The number of nitrogen functional groups attached to an aromatic ring is 2. The van der Waals surface area contributed by atoms with Gasteiger partial charge in [-0.15, -0.1) is 0 Å². The molecule has 3 aromatic heterocycles. The zero-order valence-corrected chi connectivity index (χ0v) is 44.3. The number of ether oxygens (including phenoxy) is 1. The molecule has 0 fully saturated rings. The summed E-state index contributed by atoms with van der Waals surface area (Å²) in [6.45, 7) is 12.8. The van der Waals surface area contributed by atoms with E-state index in [9.17, 15) is 14.4 Å². The van der Waals surface area contributed by atoms with Crippen molar-refractivity contribution in [3.8, 4) is 0 Å². The zero-order valence-electron chi connectivity index (χ0n) is 43.5. The number of hydroxylamine groups is 1. The van der Waals surface area contributed by atoms with Gasteiger partial charge in [-0.25, -0.2) is 25.2 Å². The molecule has 17 nitrogen and oxygen atoms in total. The highest BCUT2D eigenvalue weighted by molar-refractivity contribution is 6.29. The number of benzene rings is 7. The number of rotatable bonds is 4. The van der Waals surface area contributed by atoms with Crippen LogP contribution in [0.5, 0.6) is 0 Å². The molecule has 7 aromatic carbocycles. The number of H-pyrrole nitrogens is 3. The predicted molar refractivity (Wildman–Crippen MR) is 304 cm³/mol. The maximum atomic E-state index is 11.9. The van der Waals surface area contributed by atoms with E-state index < -0.39 is 5.91 Å². The normalized spacial score (nSPS) is 12.7. The standard InChI is InChI=1S/C18H17N3O2.C17H16N4O2.C9H9NO.C8H7ClN2.C7H10N2/c1-11-6-7-15-16(8-11)20-18(19-15)21-9-12-4-3-5-13(14(12)10-21)17(22)23-2;1-10-5-6-14-15(7-10)19-17(18-14)21-8-11-3-2-4-12(13(11)9-21)16(22)20-23;1-6-2-3-7-5-9(11)10-8(7)4-6;1-5-2-3-6-7(4-5)11-8(9)10-6;1-5-2-3-6(8)7(9)4-5/h3-8H,9-10H2,1-2H3,(H,19,20);2-7,23H,8-9H2,1H3,(H,18,19)(H,20,22);2-4H,5H2,1H3,(H,10,11);2-4H,1H3,(H,10,11);2-4H,8-9H2,1H3. The highest BCUT2D eigenvalue weighted by Gasteiger charge is 2.28. The fourth-order valence-electron chi connectivity index (χ4n) is 9.35. The van der Waals surface area contributed by atoms with Crippen molar-refractivity contribution < 1.29 is 24.3 Å². The number of carbonyl (C=O) groups is 3. The van der Waals surface area contributed by atoms with Gasteiger partial charge in [0.1, 0.15) is 0 Å². The van der Waals surface area contributed by atoms with Crippen molar-refractivity contribution in [2.75, 3.05) is 33.7 Å². The molecule has 392 valence electrons. The first-order valence-electron chi connectivity index (χ1n) is 24.8. The first-order valence-corrected chi connectivity index (χ1v) is 25.2. The summed E-state index contributed by atoms with van der Waals surface area (Å²) in [5, 5.41) is 12.1. The number of nitrogens with one attached hydrogen (secondary N) is 5. The van der Waals surface area contributed by atoms with Crippen molar-refractivity contribution in [2.24, 2.45) is 0 Å². The molecule has 77 heavy (non-hydrogen) atoms. The molecule has 0 saturated heterocycles. The number of imidazole rings is 3. The summed E-state index contributed by atoms with van der Waals surface area (Å²) >= 11 is 5.67. The van der Waals surface area contributed by atoms with Crippen molar-refractivity contribution in [2.45, 2.75) is 67.2 Å². The van der Waals surface area contributed by atoms with Gasteiger partial charge < -0.3 is 46.3 Å². The van der Waals surface area contributed by atoms with Gasteiger partial charge in [-0.05, 0) is 169 Å². The Labute approximate surface area is 449 Å². The number of aryl methyl sites for hydroxylation is 5. The Morgan fingerprint density at radius 3 is 1.60 bits per heavy atom. The summed E-state index contributed by atoms with van der Waals surface area (Å²) in [4.78, 5) is 61.9. The summed E-state index contributed by atoms with van der Waals surface area (Å²) < 4.78 is 4.88. The lowest BCUT2D eigenvalue weighted by Crippen LogP contribution is -2.21. The number of nitrogens with two attached hydrogens (primary N) is 2. The Bertz CT molecular complexity index is 3690. The second-order valence-corrected chi connectivity index (χ2v) is 19.6. The first-order chi connectivity index (χ1) is 37.0. The molecule has 2 amide bonds. The largest absolute Gasteiger partial charge is 0.465 e. The number of hydrogen-bond donors (Lipinski definition) is 8. The minimum absolute atomic E-state index is 0.102. The second kappa shape index (κ2) is 22.7. The predicted octanol–water partition coefficient (Wildman–Crippen LogP) is 10.9. The third kappa shape index (κ3) is 12.2. The van der Waals surface area contributed by atoms with E-state index in [1.54, 1.807) is 11.5 Å². The van der Waals surface area contributed by atoms with Crippen LogP contribution in [-0.4, -0.2) is 60.0 Å². The van der Waals surface area contributed by atoms with Crippen LogP contribution in [0.25, 0.3) is 33.1 Å². The number of anilines is 5. The van der Waals surface area contributed by atoms with E-state index in [1.807, 2.05) is 125 Å². The van der Waals surface area contributed by atoms with E-state index in [0.717, 1.165) is 90.6 Å². The average molecular weight is 1050 g/mol. The Balaban J connectivity index is 0.000000124. The quantitative estimate of drug-likeness (QED) is 0.0355. The van der Waals surface area contributed by atoms with E-state index in [0.29, 0.717) is 53.8 Å². The Hall–Kier alpha value is -9.19. The fourth-order valence-corrected chi connectivity index (χ4v) is 9.54. The van der Waals surface area contributed by atoms with Gasteiger partial charge >= 0.3 is 5.97 Å². The number of aromatic amines is 3. The molecule has 0 spiro atoms. The molecule has 0 unspecified atom stereocenters. The molecular weight excluding hydrogens is 992 g/mol. The summed E-state index contributed by atoms with van der Waals surface area (Å²) in [6.07, 6.45) is 0.537. The van der Waals surface area contributed by atoms with Gasteiger partial charge in [-0.3, -0.25) is 14.8 Å². The topological polar surface area (TPSA) is 249 Å². The number of carbonyl (C=O) groups excluding carboxylic acids is 3.